The summed E-state index contributed by atoms with van der Waals surface area (Å²) in [5.41, 5.74) is 1.50. The molecule has 0 spiro atoms. The van der Waals surface area contributed by atoms with E-state index in [1.165, 1.54) is 31.4 Å². The van der Waals surface area contributed by atoms with Crippen molar-refractivity contribution in [1.29, 1.82) is 0 Å². The number of anilines is 1. The van der Waals surface area contributed by atoms with Crippen molar-refractivity contribution in [1.82, 2.24) is 0 Å². The van der Waals surface area contributed by atoms with Crippen molar-refractivity contribution in [2.24, 2.45) is 0 Å². The number of hydrogen-bond acceptors (Lipinski definition) is 5. The molecule has 2 rings (SSSR count). The summed E-state index contributed by atoms with van der Waals surface area (Å²) in [5, 5.41) is 25.2. The zero-order chi connectivity index (χ0) is 19.6. The zero-order valence-electron chi connectivity index (χ0n) is 15.3. The summed E-state index contributed by atoms with van der Waals surface area (Å²) in [7, 11) is 0. The SMILES string of the molecule is CCCCCCNc1ccc(C=Cc2ccc([N+](=O)[O-])c([N+](=O)[O-])c2)cc1. The van der Waals surface area contributed by atoms with E-state index in [-0.39, 0.29) is 0 Å². The number of nitro benzene ring substituents is 2. The van der Waals surface area contributed by atoms with Gasteiger partial charge in [0.15, 0.2) is 0 Å². The van der Waals surface area contributed by atoms with Crippen molar-refractivity contribution in [3.8, 4) is 0 Å². The molecule has 0 amide bonds. The molecule has 0 aromatic heterocycles. The predicted octanol–water partition coefficient (Wildman–Crippen LogP) is 5.67. The first-order valence-electron chi connectivity index (χ1n) is 8.96. The van der Waals surface area contributed by atoms with Gasteiger partial charge < -0.3 is 5.32 Å². The second-order valence-electron chi connectivity index (χ2n) is 6.21. The first-order valence-corrected chi connectivity index (χ1v) is 8.96. The number of benzene rings is 2. The average Bonchev–Trinajstić information content (AvgIpc) is 2.66. The molecule has 0 atom stereocenters. The predicted molar refractivity (Wildman–Crippen MR) is 108 cm³/mol. The second-order valence-corrected chi connectivity index (χ2v) is 6.21. The Morgan fingerprint density at radius 3 is 2.11 bits per heavy atom. The molecule has 0 aliphatic rings. The lowest BCUT2D eigenvalue weighted by atomic mass is 10.1. The van der Waals surface area contributed by atoms with Gasteiger partial charge in [-0.15, -0.1) is 0 Å². The van der Waals surface area contributed by atoms with E-state index in [0.29, 0.717) is 5.56 Å². The standard InChI is InChI=1S/C20H23N3O4/c1-2-3-4-5-14-21-18-11-8-16(9-12-18)6-7-17-10-13-19(22(24)25)20(15-17)23(26)27/h6-13,15,21H,2-5,14H2,1H3. The molecule has 2 aromatic rings. The van der Waals surface area contributed by atoms with Crippen LogP contribution in [0.15, 0.2) is 42.5 Å². The molecule has 0 aliphatic carbocycles. The van der Waals surface area contributed by atoms with Gasteiger partial charge in [0.05, 0.1) is 9.85 Å². The molecule has 0 aliphatic heterocycles. The normalized spacial score (nSPS) is 10.9. The largest absolute Gasteiger partial charge is 0.385 e. The van der Waals surface area contributed by atoms with Gasteiger partial charge in [0.1, 0.15) is 0 Å². The van der Waals surface area contributed by atoms with Crippen molar-refractivity contribution in [2.45, 2.75) is 32.6 Å². The fourth-order valence-corrected chi connectivity index (χ4v) is 2.63. The third-order valence-corrected chi connectivity index (χ3v) is 4.13. The number of nitrogens with zero attached hydrogens (tertiary/aromatic N) is 2. The molecule has 0 saturated heterocycles. The molecule has 27 heavy (non-hydrogen) atoms. The Morgan fingerprint density at radius 1 is 0.852 bits per heavy atom. The Hall–Kier alpha value is -3.22. The van der Waals surface area contributed by atoms with Gasteiger partial charge in [0.25, 0.3) is 0 Å². The van der Waals surface area contributed by atoms with Crippen LogP contribution in [0.5, 0.6) is 0 Å². The molecule has 7 heteroatoms. The maximum atomic E-state index is 11.0. The molecule has 0 unspecified atom stereocenters. The highest BCUT2D eigenvalue weighted by Gasteiger charge is 2.23. The van der Waals surface area contributed by atoms with E-state index in [0.717, 1.165) is 30.3 Å². The van der Waals surface area contributed by atoms with E-state index in [2.05, 4.69) is 12.2 Å². The van der Waals surface area contributed by atoms with Gasteiger partial charge in [-0.05, 0) is 35.7 Å². The molecule has 142 valence electrons. The van der Waals surface area contributed by atoms with E-state index in [1.807, 2.05) is 30.3 Å². The Kier molecular flexibility index (Phi) is 7.49. The van der Waals surface area contributed by atoms with Gasteiger partial charge in [-0.2, -0.15) is 0 Å². The van der Waals surface area contributed by atoms with Crippen LogP contribution >= 0.6 is 0 Å². The summed E-state index contributed by atoms with van der Waals surface area (Å²) < 4.78 is 0. The Labute approximate surface area is 158 Å². The van der Waals surface area contributed by atoms with Crippen LogP contribution in [0.1, 0.15) is 43.7 Å². The monoisotopic (exact) mass is 369 g/mol. The van der Waals surface area contributed by atoms with Crippen molar-refractivity contribution in [2.75, 3.05) is 11.9 Å². The topological polar surface area (TPSA) is 98.3 Å². The van der Waals surface area contributed by atoms with Crippen molar-refractivity contribution in [3.63, 3.8) is 0 Å². The van der Waals surface area contributed by atoms with Crippen LogP contribution < -0.4 is 5.32 Å². The summed E-state index contributed by atoms with van der Waals surface area (Å²) in [4.78, 5) is 20.4. The van der Waals surface area contributed by atoms with Gasteiger partial charge in [-0.25, -0.2) is 0 Å². The molecule has 0 saturated carbocycles. The minimum atomic E-state index is -0.750. The summed E-state index contributed by atoms with van der Waals surface area (Å²) in [6.45, 7) is 3.14. The number of nitro groups is 2. The Morgan fingerprint density at radius 2 is 1.48 bits per heavy atom. The quantitative estimate of drug-likeness (QED) is 0.252. The molecule has 1 N–H and O–H groups in total. The van der Waals surface area contributed by atoms with Crippen LogP contribution in [0.3, 0.4) is 0 Å². The van der Waals surface area contributed by atoms with Crippen molar-refractivity contribution in [3.05, 3.63) is 73.8 Å². The minimum Gasteiger partial charge on any atom is -0.385 e. The van der Waals surface area contributed by atoms with Crippen LogP contribution in [0.2, 0.25) is 0 Å². The number of hydrogen-bond donors (Lipinski definition) is 1. The van der Waals surface area contributed by atoms with Gasteiger partial charge in [-0.3, -0.25) is 20.2 Å². The number of rotatable bonds is 10. The lowest BCUT2D eigenvalue weighted by molar-refractivity contribution is -0.422. The molecule has 0 radical (unpaired) electrons. The van der Waals surface area contributed by atoms with Crippen molar-refractivity contribution >= 4 is 29.2 Å². The van der Waals surface area contributed by atoms with Crippen LogP contribution in [0.25, 0.3) is 12.2 Å². The highest BCUT2D eigenvalue weighted by Crippen LogP contribution is 2.28. The maximum Gasteiger partial charge on any atom is 0.346 e. The van der Waals surface area contributed by atoms with E-state index in [9.17, 15) is 20.2 Å². The zero-order valence-corrected chi connectivity index (χ0v) is 15.3. The first-order chi connectivity index (χ1) is 13.0. The fourth-order valence-electron chi connectivity index (χ4n) is 2.63. The minimum absolute atomic E-state index is 0.508. The molecular formula is C20H23N3O4. The molecular weight excluding hydrogens is 346 g/mol. The highest BCUT2D eigenvalue weighted by molar-refractivity contribution is 5.73. The smallest absolute Gasteiger partial charge is 0.346 e. The molecule has 0 fully saturated rings. The number of unbranched alkanes of at least 4 members (excludes halogenated alkanes) is 3. The van der Waals surface area contributed by atoms with E-state index in [1.54, 1.807) is 6.08 Å². The summed E-state index contributed by atoms with van der Waals surface area (Å²) >= 11 is 0. The lowest BCUT2D eigenvalue weighted by Crippen LogP contribution is -2.00. The summed E-state index contributed by atoms with van der Waals surface area (Å²) in [6, 6.07) is 11.7. The van der Waals surface area contributed by atoms with Crippen LogP contribution in [0.4, 0.5) is 17.1 Å². The van der Waals surface area contributed by atoms with E-state index >= 15 is 0 Å². The highest BCUT2D eigenvalue weighted by atomic mass is 16.6. The summed E-state index contributed by atoms with van der Waals surface area (Å²) in [6.07, 6.45) is 8.37. The van der Waals surface area contributed by atoms with Crippen LogP contribution in [-0.4, -0.2) is 16.4 Å². The fraction of sp³-hybridized carbons (Fsp3) is 0.300. The number of nitrogens with one attached hydrogen (secondary N) is 1. The Bertz CT molecular complexity index is 816. The van der Waals surface area contributed by atoms with E-state index in [4.69, 9.17) is 0 Å². The van der Waals surface area contributed by atoms with E-state index < -0.39 is 21.2 Å². The van der Waals surface area contributed by atoms with Gasteiger partial charge >= 0.3 is 11.4 Å². The third kappa shape index (κ3) is 6.22. The molecule has 2 aromatic carbocycles. The molecule has 0 bridgehead atoms. The van der Waals surface area contributed by atoms with Gasteiger partial charge in [0, 0.05) is 24.4 Å². The van der Waals surface area contributed by atoms with Crippen molar-refractivity contribution < 1.29 is 9.85 Å². The third-order valence-electron chi connectivity index (χ3n) is 4.13. The first kappa shape index (κ1) is 20.1. The van der Waals surface area contributed by atoms with Crippen LogP contribution in [0, 0.1) is 20.2 Å². The van der Waals surface area contributed by atoms with Gasteiger partial charge in [-0.1, -0.05) is 50.5 Å². The summed E-state index contributed by atoms with van der Waals surface area (Å²) in [5.74, 6) is 0. The Balaban J connectivity index is 2.00. The molecule has 0 heterocycles. The molecule has 7 nitrogen and oxygen atoms in total. The lowest BCUT2D eigenvalue weighted by Gasteiger charge is -2.06. The maximum absolute atomic E-state index is 11.0. The average molecular weight is 369 g/mol. The van der Waals surface area contributed by atoms with Crippen LogP contribution in [-0.2, 0) is 0 Å². The second kappa shape index (κ2) is 10.1. The van der Waals surface area contributed by atoms with Gasteiger partial charge in [0.2, 0.25) is 0 Å².